The molecule has 2 aliphatic carbocycles. The van der Waals surface area contributed by atoms with E-state index >= 15 is 0 Å². The van der Waals surface area contributed by atoms with Crippen LogP contribution in [0.25, 0.3) is 21.3 Å². The highest BCUT2D eigenvalue weighted by atomic mass is 32.1. The van der Waals surface area contributed by atoms with Crippen molar-refractivity contribution in [3.05, 3.63) is 95.3 Å². The minimum absolute atomic E-state index is 0.0315. The molecule has 10 heteroatoms. The zero-order chi connectivity index (χ0) is 34.4. The first-order valence-corrected chi connectivity index (χ1v) is 18.4. The van der Waals surface area contributed by atoms with Gasteiger partial charge in [-0.1, -0.05) is 49.4 Å². The zero-order valence-electron chi connectivity index (χ0n) is 28.4. The molecule has 2 saturated carbocycles. The third-order valence-electron chi connectivity index (χ3n) is 10.8. The van der Waals surface area contributed by atoms with Crippen molar-refractivity contribution in [3.63, 3.8) is 0 Å². The Morgan fingerprint density at radius 2 is 1.82 bits per heavy atom. The third kappa shape index (κ3) is 6.44. The molecule has 0 radical (unpaired) electrons. The molecule has 2 unspecified atom stereocenters. The number of aromatic carboxylic acids is 1. The minimum Gasteiger partial charge on any atom is -0.477 e. The van der Waals surface area contributed by atoms with Crippen LogP contribution in [0.2, 0.25) is 0 Å². The highest BCUT2D eigenvalue weighted by molar-refractivity contribution is 7.22. The number of carbonyl (C=O) groups excluding carboxylic acids is 1. The molecule has 2 aromatic carbocycles. The van der Waals surface area contributed by atoms with Crippen LogP contribution in [0.4, 0.5) is 10.9 Å². The van der Waals surface area contributed by atoms with Crippen LogP contribution in [0.1, 0.15) is 77.9 Å². The number of nitrogens with zero attached hydrogens (tertiary/aromatic N) is 4. The number of benzene rings is 2. The number of aromatic nitrogens is 3. The molecule has 1 aliphatic heterocycles. The molecule has 5 aromatic rings. The first-order valence-electron chi connectivity index (χ1n) is 17.6. The molecule has 50 heavy (non-hydrogen) atoms. The summed E-state index contributed by atoms with van der Waals surface area (Å²) in [5, 5.41) is 13.9. The van der Waals surface area contributed by atoms with Gasteiger partial charge in [0.15, 0.2) is 10.8 Å². The van der Waals surface area contributed by atoms with Crippen LogP contribution in [0, 0.1) is 23.2 Å². The molecule has 4 heterocycles. The Kier molecular flexibility index (Phi) is 8.50. The van der Waals surface area contributed by atoms with Gasteiger partial charge in [-0.3, -0.25) is 10.1 Å². The summed E-state index contributed by atoms with van der Waals surface area (Å²) in [5.74, 6) is 1.91. The molecule has 8 rings (SSSR count). The van der Waals surface area contributed by atoms with E-state index in [1.807, 2.05) is 71.6 Å². The topological polar surface area (TPSA) is 118 Å². The van der Waals surface area contributed by atoms with Crippen molar-refractivity contribution in [2.24, 2.45) is 23.2 Å². The van der Waals surface area contributed by atoms with Gasteiger partial charge in [-0.15, -0.1) is 0 Å². The maximum absolute atomic E-state index is 13.5. The van der Waals surface area contributed by atoms with Gasteiger partial charge in [-0.05, 0) is 109 Å². The molecule has 256 valence electrons. The van der Waals surface area contributed by atoms with E-state index in [1.165, 1.54) is 43.4 Å². The van der Waals surface area contributed by atoms with Crippen molar-refractivity contribution in [2.45, 2.75) is 58.9 Å². The smallest absolute Gasteiger partial charge is 0.355 e. The van der Waals surface area contributed by atoms with Gasteiger partial charge in [-0.25, -0.2) is 19.7 Å². The Bertz CT molecular complexity index is 2040. The highest BCUT2D eigenvalue weighted by Gasteiger charge is 2.44. The number of rotatable bonds is 8. The fourth-order valence-electron chi connectivity index (χ4n) is 9.07. The second-order valence-corrected chi connectivity index (χ2v) is 15.8. The van der Waals surface area contributed by atoms with Crippen molar-refractivity contribution in [3.8, 4) is 17.0 Å². The monoisotopic (exact) mass is 687 g/mol. The number of para-hydroxylation sites is 1. The van der Waals surface area contributed by atoms with Gasteiger partial charge in [0, 0.05) is 41.9 Å². The summed E-state index contributed by atoms with van der Waals surface area (Å²) in [6, 6.07) is 20.9. The number of carboxylic acids is 1. The number of carbonyl (C=O) groups is 2. The van der Waals surface area contributed by atoms with Crippen LogP contribution < -0.4 is 15.0 Å². The van der Waals surface area contributed by atoms with Crippen LogP contribution in [0.3, 0.4) is 0 Å². The molecule has 2 fully saturated rings. The number of pyridine rings is 2. The summed E-state index contributed by atoms with van der Waals surface area (Å²) < 4.78 is 7.40. The number of fused-ring (bicyclic) bond motifs is 4. The number of hydrogen-bond donors (Lipinski definition) is 2. The lowest BCUT2D eigenvalue weighted by Gasteiger charge is -2.49. The minimum atomic E-state index is -1.10. The standard InChI is InChI=1S/C40H41N5O4S/c1-24-16-26-17-25(2)20-40(19-24,21-26)23-49-35-18-28(12-14-41-35)29-10-11-34(43-36(29)38(47)48)45-15-13-27-6-5-7-30(31(27)22-45)37(46)44-39-42-32-8-3-4-9-33(32)50-39/h3-12,14,18,24-26H,13,15-17,19-23H2,1-2H3,(H,47,48)(H,42,44,46). The summed E-state index contributed by atoms with van der Waals surface area (Å²) in [7, 11) is 0. The van der Waals surface area contributed by atoms with E-state index in [1.54, 1.807) is 6.20 Å². The van der Waals surface area contributed by atoms with Crippen LogP contribution in [0.15, 0.2) is 72.9 Å². The Hall–Kier alpha value is -4.83. The molecule has 3 aliphatic rings. The Balaban J connectivity index is 1.01. The second kappa shape index (κ2) is 13.1. The molecular weight excluding hydrogens is 647 g/mol. The predicted octanol–water partition coefficient (Wildman–Crippen LogP) is 8.50. The number of carboxylic acid groups (broad SMARTS) is 1. The zero-order valence-corrected chi connectivity index (χ0v) is 29.2. The fraction of sp³-hybridized carbons (Fsp3) is 0.375. The molecule has 0 saturated heterocycles. The van der Waals surface area contributed by atoms with Crippen LogP contribution in [-0.2, 0) is 13.0 Å². The molecule has 9 nitrogen and oxygen atoms in total. The second-order valence-electron chi connectivity index (χ2n) is 14.8. The van der Waals surface area contributed by atoms with E-state index in [-0.39, 0.29) is 17.0 Å². The Morgan fingerprint density at radius 3 is 2.62 bits per heavy atom. The van der Waals surface area contributed by atoms with Crippen LogP contribution in [0.5, 0.6) is 5.88 Å². The normalized spacial score (nSPS) is 22.9. The van der Waals surface area contributed by atoms with E-state index in [0.717, 1.165) is 27.3 Å². The number of nitrogens with one attached hydrogen (secondary N) is 1. The van der Waals surface area contributed by atoms with Crippen molar-refractivity contribution < 1.29 is 19.4 Å². The summed E-state index contributed by atoms with van der Waals surface area (Å²) in [6.45, 7) is 6.44. The predicted molar refractivity (Wildman–Crippen MR) is 196 cm³/mol. The van der Waals surface area contributed by atoms with E-state index in [4.69, 9.17) is 4.74 Å². The van der Waals surface area contributed by atoms with E-state index < -0.39 is 5.97 Å². The van der Waals surface area contributed by atoms with Crippen LogP contribution in [-0.4, -0.2) is 45.1 Å². The maximum atomic E-state index is 13.5. The van der Waals surface area contributed by atoms with E-state index in [2.05, 4.69) is 34.1 Å². The van der Waals surface area contributed by atoms with Crippen molar-refractivity contribution in [1.82, 2.24) is 15.0 Å². The fourth-order valence-corrected chi connectivity index (χ4v) is 9.93. The van der Waals surface area contributed by atoms with Gasteiger partial charge in [-0.2, -0.15) is 0 Å². The van der Waals surface area contributed by atoms with E-state index in [0.29, 0.717) is 71.5 Å². The maximum Gasteiger partial charge on any atom is 0.355 e. The van der Waals surface area contributed by atoms with Gasteiger partial charge in [0.2, 0.25) is 5.88 Å². The van der Waals surface area contributed by atoms with Gasteiger partial charge >= 0.3 is 5.97 Å². The Morgan fingerprint density at radius 1 is 1.00 bits per heavy atom. The molecule has 2 N–H and O–H groups in total. The van der Waals surface area contributed by atoms with Gasteiger partial charge in [0.05, 0.1) is 16.8 Å². The number of ether oxygens (including phenoxy) is 1. The number of hydrogen-bond acceptors (Lipinski definition) is 8. The number of amides is 1. The number of thiazole rings is 1. The average molecular weight is 688 g/mol. The molecule has 0 spiro atoms. The summed E-state index contributed by atoms with van der Waals surface area (Å²) >= 11 is 1.44. The Labute approximate surface area is 295 Å². The van der Waals surface area contributed by atoms with Crippen LogP contribution >= 0.6 is 11.3 Å². The molecule has 3 aromatic heterocycles. The van der Waals surface area contributed by atoms with Crippen molar-refractivity contribution in [1.29, 1.82) is 0 Å². The lowest BCUT2D eigenvalue weighted by atomic mass is 9.57. The largest absolute Gasteiger partial charge is 0.477 e. The van der Waals surface area contributed by atoms with E-state index in [9.17, 15) is 14.7 Å². The molecule has 1 amide bonds. The van der Waals surface area contributed by atoms with Gasteiger partial charge in [0.1, 0.15) is 5.82 Å². The molecular formula is C40H41N5O4S. The lowest BCUT2D eigenvalue weighted by molar-refractivity contribution is -0.0175. The first kappa shape index (κ1) is 32.4. The third-order valence-corrected chi connectivity index (χ3v) is 11.7. The SMILES string of the molecule is CC1CC2CC(C)CC(COc3cc(-c4ccc(N5CCc6cccc(C(=O)Nc7nc8ccccc8s7)c6C5)nc4C(=O)O)ccn3)(C1)C2. The van der Waals surface area contributed by atoms with Crippen molar-refractivity contribution in [2.75, 3.05) is 23.4 Å². The number of anilines is 2. The van der Waals surface area contributed by atoms with Gasteiger partial charge < -0.3 is 14.7 Å². The molecule has 2 atom stereocenters. The quantitative estimate of drug-likeness (QED) is 0.167. The van der Waals surface area contributed by atoms with Gasteiger partial charge in [0.25, 0.3) is 5.91 Å². The summed E-state index contributed by atoms with van der Waals surface area (Å²) in [6.07, 6.45) is 8.58. The molecule has 2 bridgehead atoms. The summed E-state index contributed by atoms with van der Waals surface area (Å²) in [4.78, 5) is 41.9. The summed E-state index contributed by atoms with van der Waals surface area (Å²) in [5.41, 5.74) is 4.78. The van der Waals surface area contributed by atoms with Crippen molar-refractivity contribution >= 4 is 44.4 Å². The average Bonchev–Trinajstić information content (AvgIpc) is 3.52. The lowest BCUT2D eigenvalue weighted by Crippen LogP contribution is -2.42. The highest BCUT2D eigenvalue weighted by Crippen LogP contribution is 2.53. The first-order chi connectivity index (χ1) is 24.2.